The molecule has 0 heterocycles. The Balaban J connectivity index is 2.15. The van der Waals surface area contributed by atoms with Crippen LogP contribution in [0.2, 0.25) is 0 Å². The van der Waals surface area contributed by atoms with Crippen molar-refractivity contribution >= 4 is 11.4 Å². The summed E-state index contributed by atoms with van der Waals surface area (Å²) >= 11 is 0. The summed E-state index contributed by atoms with van der Waals surface area (Å²) in [6, 6.07) is 12.4. The van der Waals surface area contributed by atoms with Crippen molar-refractivity contribution in [3.05, 3.63) is 63.7 Å². The first kappa shape index (κ1) is 14.8. The van der Waals surface area contributed by atoms with Crippen molar-refractivity contribution in [1.29, 1.82) is 0 Å². The lowest BCUT2D eigenvalue weighted by Crippen LogP contribution is -2.03. The highest BCUT2D eigenvalue weighted by molar-refractivity contribution is 5.64. The van der Waals surface area contributed by atoms with Crippen LogP contribution in [-0.2, 0) is 13.1 Å². The summed E-state index contributed by atoms with van der Waals surface area (Å²) in [4.78, 5) is 10.6. The third-order valence-electron chi connectivity index (χ3n) is 3.14. The highest BCUT2D eigenvalue weighted by Gasteiger charge is 2.14. The lowest BCUT2D eigenvalue weighted by molar-refractivity contribution is -0.384. The molecule has 0 amide bonds. The van der Waals surface area contributed by atoms with Gasteiger partial charge >= 0.3 is 0 Å². The van der Waals surface area contributed by atoms with E-state index in [2.05, 4.69) is 5.32 Å². The molecule has 6 heteroatoms. The summed E-state index contributed by atoms with van der Waals surface area (Å²) in [5.74, 6) is 0.571. The van der Waals surface area contributed by atoms with Crippen LogP contribution in [-0.4, -0.2) is 12.0 Å². The van der Waals surface area contributed by atoms with Crippen LogP contribution in [0.4, 0.5) is 11.4 Å². The average Bonchev–Trinajstić information content (AvgIpc) is 2.52. The van der Waals surface area contributed by atoms with Crippen molar-refractivity contribution in [2.24, 2.45) is 5.73 Å². The molecule has 0 saturated carbocycles. The van der Waals surface area contributed by atoms with Gasteiger partial charge in [0.05, 0.1) is 12.0 Å². The van der Waals surface area contributed by atoms with E-state index in [0.717, 1.165) is 11.1 Å². The molecule has 0 spiro atoms. The van der Waals surface area contributed by atoms with Gasteiger partial charge < -0.3 is 15.8 Å². The number of benzene rings is 2. The molecule has 0 aliphatic heterocycles. The quantitative estimate of drug-likeness (QED) is 0.629. The van der Waals surface area contributed by atoms with Crippen LogP contribution < -0.4 is 15.8 Å². The summed E-state index contributed by atoms with van der Waals surface area (Å²) in [5, 5.41) is 14.1. The Morgan fingerprint density at radius 3 is 2.43 bits per heavy atom. The molecule has 6 nitrogen and oxygen atoms in total. The Bertz CT molecular complexity index is 627. The largest absolute Gasteiger partial charge is 0.497 e. The predicted octanol–water partition coefficient (Wildman–Crippen LogP) is 2.67. The first-order chi connectivity index (χ1) is 10.1. The van der Waals surface area contributed by atoms with E-state index < -0.39 is 4.92 Å². The number of nitro groups is 1. The van der Waals surface area contributed by atoms with Gasteiger partial charge in [0.15, 0.2) is 0 Å². The monoisotopic (exact) mass is 287 g/mol. The molecule has 21 heavy (non-hydrogen) atoms. The second kappa shape index (κ2) is 6.71. The molecule has 2 aromatic rings. The van der Waals surface area contributed by atoms with E-state index in [1.165, 1.54) is 13.2 Å². The molecule has 0 unspecified atom stereocenters. The number of nitrogens with two attached hydrogens (primary N) is 1. The number of rotatable bonds is 6. The van der Waals surface area contributed by atoms with Gasteiger partial charge in [0.1, 0.15) is 11.4 Å². The zero-order valence-electron chi connectivity index (χ0n) is 11.7. The summed E-state index contributed by atoms with van der Waals surface area (Å²) in [5.41, 5.74) is 8.07. The fourth-order valence-electron chi connectivity index (χ4n) is 1.93. The zero-order chi connectivity index (χ0) is 15.2. The number of methoxy groups -OCH3 is 1. The summed E-state index contributed by atoms with van der Waals surface area (Å²) in [6.07, 6.45) is 0. The van der Waals surface area contributed by atoms with Gasteiger partial charge in [0, 0.05) is 25.2 Å². The van der Waals surface area contributed by atoms with Gasteiger partial charge in [-0.1, -0.05) is 24.3 Å². The van der Waals surface area contributed by atoms with Crippen molar-refractivity contribution in [2.45, 2.75) is 13.1 Å². The van der Waals surface area contributed by atoms with Crippen LogP contribution in [0.15, 0.2) is 42.5 Å². The second-order valence-corrected chi connectivity index (χ2v) is 4.51. The highest BCUT2D eigenvalue weighted by Crippen LogP contribution is 2.29. The zero-order valence-corrected chi connectivity index (χ0v) is 11.7. The van der Waals surface area contributed by atoms with E-state index in [-0.39, 0.29) is 5.69 Å². The molecule has 110 valence electrons. The van der Waals surface area contributed by atoms with Gasteiger partial charge in [0.2, 0.25) is 0 Å². The van der Waals surface area contributed by atoms with Crippen LogP contribution in [0.3, 0.4) is 0 Å². The molecule has 0 aromatic heterocycles. The maximum absolute atomic E-state index is 11.0. The Morgan fingerprint density at radius 1 is 1.19 bits per heavy atom. The lowest BCUT2D eigenvalue weighted by atomic mass is 10.1. The molecule has 0 fully saturated rings. The van der Waals surface area contributed by atoms with Crippen LogP contribution in [0.25, 0.3) is 0 Å². The van der Waals surface area contributed by atoms with Gasteiger partial charge in [-0.2, -0.15) is 0 Å². The predicted molar refractivity (Wildman–Crippen MR) is 81.3 cm³/mol. The smallest absolute Gasteiger partial charge is 0.292 e. The van der Waals surface area contributed by atoms with Crippen LogP contribution >= 0.6 is 0 Å². The van der Waals surface area contributed by atoms with Gasteiger partial charge in [-0.05, 0) is 17.2 Å². The fraction of sp³-hybridized carbons (Fsp3) is 0.200. The summed E-state index contributed by atoms with van der Waals surface area (Å²) < 4.78 is 5.10. The number of ether oxygens (including phenoxy) is 1. The molecule has 0 aliphatic rings. The number of nitrogens with zero attached hydrogens (tertiary/aromatic N) is 1. The number of hydrogen-bond donors (Lipinski definition) is 2. The molecule has 0 aliphatic carbocycles. The molecule has 2 aromatic carbocycles. The van der Waals surface area contributed by atoms with Crippen molar-refractivity contribution in [3.63, 3.8) is 0 Å². The molecular weight excluding hydrogens is 270 g/mol. The van der Waals surface area contributed by atoms with Gasteiger partial charge in [0.25, 0.3) is 5.69 Å². The Labute approximate surface area is 122 Å². The maximum atomic E-state index is 11.0. The topological polar surface area (TPSA) is 90.4 Å². The molecule has 0 atom stereocenters. The first-order valence-electron chi connectivity index (χ1n) is 6.48. The van der Waals surface area contributed by atoms with Gasteiger partial charge in [-0.15, -0.1) is 0 Å². The molecule has 0 bridgehead atoms. The minimum atomic E-state index is -0.417. The number of nitro benzene ring substituents is 1. The van der Waals surface area contributed by atoms with Crippen molar-refractivity contribution in [3.8, 4) is 5.75 Å². The second-order valence-electron chi connectivity index (χ2n) is 4.51. The summed E-state index contributed by atoms with van der Waals surface area (Å²) in [7, 11) is 1.52. The summed E-state index contributed by atoms with van der Waals surface area (Å²) in [6.45, 7) is 0.980. The average molecular weight is 287 g/mol. The van der Waals surface area contributed by atoms with Gasteiger partial charge in [-0.25, -0.2) is 0 Å². The van der Waals surface area contributed by atoms with E-state index in [1.807, 2.05) is 24.3 Å². The first-order valence-corrected chi connectivity index (χ1v) is 6.48. The van der Waals surface area contributed by atoms with E-state index >= 15 is 0 Å². The fourth-order valence-corrected chi connectivity index (χ4v) is 1.93. The van der Waals surface area contributed by atoms with Crippen LogP contribution in [0, 0.1) is 10.1 Å². The van der Waals surface area contributed by atoms with E-state index in [9.17, 15) is 10.1 Å². The van der Waals surface area contributed by atoms with E-state index in [0.29, 0.717) is 24.5 Å². The van der Waals surface area contributed by atoms with E-state index in [1.54, 1.807) is 12.1 Å². The third kappa shape index (κ3) is 3.70. The van der Waals surface area contributed by atoms with Crippen molar-refractivity contribution in [1.82, 2.24) is 0 Å². The Kier molecular flexibility index (Phi) is 4.73. The Morgan fingerprint density at radius 2 is 1.86 bits per heavy atom. The minimum Gasteiger partial charge on any atom is -0.497 e. The number of anilines is 1. The lowest BCUT2D eigenvalue weighted by Gasteiger charge is -2.09. The Hall–Kier alpha value is -2.60. The molecule has 0 radical (unpaired) electrons. The SMILES string of the molecule is COc1ccc([N+](=O)[O-])c(NCc2ccc(CN)cc2)c1. The highest BCUT2D eigenvalue weighted by atomic mass is 16.6. The van der Waals surface area contributed by atoms with Crippen LogP contribution in [0.1, 0.15) is 11.1 Å². The molecule has 3 N–H and O–H groups in total. The standard InChI is InChI=1S/C15H17N3O3/c1-21-13-6-7-15(18(19)20)14(8-13)17-10-12-4-2-11(9-16)3-5-12/h2-8,17H,9-10,16H2,1H3. The molecule has 2 rings (SSSR count). The van der Waals surface area contributed by atoms with E-state index in [4.69, 9.17) is 10.5 Å². The molecule has 0 saturated heterocycles. The normalized spacial score (nSPS) is 10.2. The number of hydrogen-bond acceptors (Lipinski definition) is 5. The van der Waals surface area contributed by atoms with Crippen molar-refractivity contribution < 1.29 is 9.66 Å². The van der Waals surface area contributed by atoms with Crippen molar-refractivity contribution in [2.75, 3.05) is 12.4 Å². The maximum Gasteiger partial charge on any atom is 0.292 e. The minimum absolute atomic E-state index is 0.0226. The van der Waals surface area contributed by atoms with Crippen LogP contribution in [0.5, 0.6) is 5.75 Å². The van der Waals surface area contributed by atoms with Gasteiger partial charge in [-0.3, -0.25) is 10.1 Å². The third-order valence-corrected chi connectivity index (χ3v) is 3.14. The number of nitrogens with one attached hydrogen (secondary N) is 1. The molecular formula is C15H17N3O3.